The molecule has 0 aliphatic rings. The van der Waals surface area contributed by atoms with E-state index in [9.17, 15) is 14.8 Å². The standard InChI is InChI=1S/C18H13N3O3S.C18H13N3O2S/c22-18(19-9-13-3-1-7-24-13)15-6-5-12-10-21(23)11-14(17(12)20-15)16-4-2-8-25-16;22-18(20-10-13-3-1-7-23-13)15-6-5-12-9-19-11-14(17(12)21-15)16-4-2-8-24-16/h1-8,10-11H,9H2,(H-,19,22,23);1-9,11H,10H2,(H,20,22)/p+1. The maximum absolute atomic E-state index is 12.4. The van der Waals surface area contributed by atoms with E-state index >= 15 is 0 Å². The van der Waals surface area contributed by atoms with Gasteiger partial charge in [0.2, 0.25) is 12.4 Å². The van der Waals surface area contributed by atoms with Gasteiger partial charge in [-0.25, -0.2) is 9.97 Å². The number of nitrogens with one attached hydrogen (secondary N) is 2. The molecule has 0 fully saturated rings. The highest BCUT2D eigenvalue weighted by Gasteiger charge is 2.17. The molecule has 8 rings (SSSR count). The second-order valence-corrected chi connectivity index (χ2v) is 12.5. The molecule has 3 N–H and O–H groups in total. The van der Waals surface area contributed by atoms with E-state index in [2.05, 4.69) is 25.6 Å². The van der Waals surface area contributed by atoms with Gasteiger partial charge in [0, 0.05) is 37.8 Å². The Morgan fingerprint density at radius 1 is 0.673 bits per heavy atom. The Labute approximate surface area is 287 Å². The van der Waals surface area contributed by atoms with Crippen LogP contribution >= 0.6 is 22.7 Å². The van der Waals surface area contributed by atoms with Gasteiger partial charge >= 0.3 is 0 Å². The van der Waals surface area contributed by atoms with Gasteiger partial charge in [-0.15, -0.1) is 22.7 Å². The van der Waals surface area contributed by atoms with Crippen molar-refractivity contribution in [2.75, 3.05) is 0 Å². The van der Waals surface area contributed by atoms with Gasteiger partial charge in [-0.1, -0.05) is 12.1 Å². The Bertz CT molecular complexity index is 2340. The zero-order valence-corrected chi connectivity index (χ0v) is 27.3. The molecule has 8 aromatic rings. The summed E-state index contributed by atoms with van der Waals surface area (Å²) in [7, 11) is 0. The maximum Gasteiger partial charge on any atom is 0.270 e. The molecule has 0 unspecified atom stereocenters. The van der Waals surface area contributed by atoms with Gasteiger partial charge in [0.25, 0.3) is 11.8 Å². The molecule has 49 heavy (non-hydrogen) atoms. The molecule has 0 radical (unpaired) electrons. The number of carbonyl (C=O) groups excluding carboxylic acids is 2. The molecular weight excluding hydrogens is 661 g/mol. The number of amides is 2. The van der Waals surface area contributed by atoms with Crippen LogP contribution in [0.1, 0.15) is 32.5 Å². The molecule has 0 saturated carbocycles. The Hall–Kier alpha value is -6.18. The predicted molar refractivity (Wildman–Crippen MR) is 185 cm³/mol. The lowest BCUT2D eigenvalue weighted by Gasteiger charge is -2.07. The fourth-order valence-electron chi connectivity index (χ4n) is 5.03. The molecule has 0 saturated heterocycles. The summed E-state index contributed by atoms with van der Waals surface area (Å²) in [6.07, 6.45) is 9.83. The molecule has 242 valence electrons. The zero-order valence-electron chi connectivity index (χ0n) is 25.6. The second kappa shape index (κ2) is 14.3. The first kappa shape index (κ1) is 31.4. The van der Waals surface area contributed by atoms with Crippen molar-refractivity contribution in [1.82, 2.24) is 25.6 Å². The van der Waals surface area contributed by atoms with Gasteiger partial charge in [-0.3, -0.25) is 19.8 Å². The van der Waals surface area contributed by atoms with Crippen LogP contribution in [0.4, 0.5) is 0 Å². The molecular formula is C36H27N6O5S2+. The minimum absolute atomic E-state index is 0.234. The molecule has 2 amide bonds. The summed E-state index contributed by atoms with van der Waals surface area (Å²) in [5, 5.41) is 21.1. The third-order valence-corrected chi connectivity index (χ3v) is 9.16. The van der Waals surface area contributed by atoms with Crippen LogP contribution in [0.25, 0.3) is 42.7 Å². The van der Waals surface area contributed by atoms with Gasteiger partial charge in [0.1, 0.15) is 22.9 Å². The fourth-order valence-corrected chi connectivity index (χ4v) is 6.50. The summed E-state index contributed by atoms with van der Waals surface area (Å²) < 4.78 is 11.4. The van der Waals surface area contributed by atoms with Gasteiger partial charge < -0.3 is 19.5 Å². The lowest BCUT2D eigenvalue weighted by molar-refractivity contribution is -0.903. The van der Waals surface area contributed by atoms with E-state index in [-0.39, 0.29) is 11.8 Å². The van der Waals surface area contributed by atoms with Gasteiger partial charge in [-0.2, -0.15) is 0 Å². The van der Waals surface area contributed by atoms with Gasteiger partial charge in [-0.05, 0) is 71.4 Å². The van der Waals surface area contributed by atoms with Crippen molar-refractivity contribution < 1.29 is 28.4 Å². The van der Waals surface area contributed by atoms with E-state index in [1.807, 2.05) is 47.2 Å². The maximum atomic E-state index is 12.4. The van der Waals surface area contributed by atoms with Crippen LogP contribution < -0.4 is 15.4 Å². The first-order valence-corrected chi connectivity index (χ1v) is 16.8. The first-order valence-electron chi connectivity index (χ1n) is 15.0. The van der Waals surface area contributed by atoms with Crippen molar-refractivity contribution in [2.45, 2.75) is 13.1 Å². The van der Waals surface area contributed by atoms with E-state index < -0.39 is 0 Å². The monoisotopic (exact) mass is 687 g/mol. The third-order valence-electron chi connectivity index (χ3n) is 7.36. The Balaban J connectivity index is 0.000000154. The number of carbonyl (C=O) groups is 2. The summed E-state index contributed by atoms with van der Waals surface area (Å²) in [6.45, 7) is 0.633. The fraction of sp³-hybridized carbons (Fsp3) is 0.0556. The highest BCUT2D eigenvalue weighted by Crippen LogP contribution is 2.31. The average Bonchev–Trinajstić information content (AvgIpc) is 3.98. The van der Waals surface area contributed by atoms with Crippen LogP contribution in [0.2, 0.25) is 0 Å². The smallest absolute Gasteiger partial charge is 0.270 e. The molecule has 8 heterocycles. The topological polar surface area (TPSA) is 147 Å². The van der Waals surface area contributed by atoms with E-state index in [0.717, 1.165) is 41.9 Å². The minimum atomic E-state index is -0.281. The van der Waals surface area contributed by atoms with Gasteiger partial charge in [0.15, 0.2) is 0 Å². The molecule has 0 atom stereocenters. The Kier molecular flexibility index (Phi) is 9.17. The molecule has 11 nitrogen and oxygen atoms in total. The summed E-state index contributed by atoms with van der Waals surface area (Å²) >= 11 is 3.17. The van der Waals surface area contributed by atoms with Crippen LogP contribution in [0.15, 0.2) is 130 Å². The summed E-state index contributed by atoms with van der Waals surface area (Å²) in [4.78, 5) is 40.1. The molecule has 0 aromatic carbocycles. The summed E-state index contributed by atoms with van der Waals surface area (Å²) in [5.74, 6) is 0.862. The van der Waals surface area contributed by atoms with Crippen molar-refractivity contribution in [3.63, 3.8) is 0 Å². The number of fused-ring (bicyclic) bond motifs is 2. The summed E-state index contributed by atoms with van der Waals surface area (Å²) in [6, 6.07) is 22.0. The highest BCUT2D eigenvalue weighted by atomic mass is 32.1. The lowest BCUT2D eigenvalue weighted by Crippen LogP contribution is -2.29. The highest BCUT2D eigenvalue weighted by molar-refractivity contribution is 7.14. The number of rotatable bonds is 8. The van der Waals surface area contributed by atoms with Crippen LogP contribution in [-0.2, 0) is 13.1 Å². The normalized spacial score (nSPS) is 10.9. The SMILES string of the molecule is O=C(NCc1ccco1)c1ccc2c[n+](O)cc(-c3cccs3)c2n1.O=C(NCc1ccco1)c1ccc2cncc(-c3cccs3)c2n1. The van der Waals surface area contributed by atoms with Crippen LogP contribution in [0, 0.1) is 0 Å². The predicted octanol–water partition coefficient (Wildman–Crippen LogP) is 6.89. The second-order valence-electron chi connectivity index (χ2n) is 10.6. The lowest BCUT2D eigenvalue weighted by atomic mass is 10.1. The molecule has 0 spiro atoms. The van der Waals surface area contributed by atoms with Gasteiger partial charge in [0.05, 0.1) is 47.6 Å². The number of hydrogen-bond acceptors (Lipinski definition) is 10. The van der Waals surface area contributed by atoms with Crippen LogP contribution in [0.5, 0.6) is 0 Å². The third kappa shape index (κ3) is 7.22. The minimum Gasteiger partial charge on any atom is -0.467 e. The zero-order chi connectivity index (χ0) is 33.6. The van der Waals surface area contributed by atoms with Crippen molar-refractivity contribution in [2.24, 2.45) is 0 Å². The number of furan rings is 2. The van der Waals surface area contributed by atoms with E-state index in [1.54, 1.807) is 96.4 Å². The summed E-state index contributed by atoms with van der Waals surface area (Å²) in [5.41, 5.74) is 3.83. The largest absolute Gasteiger partial charge is 0.467 e. The molecule has 0 aliphatic carbocycles. The Morgan fingerprint density at radius 2 is 1.24 bits per heavy atom. The van der Waals surface area contributed by atoms with E-state index in [0.29, 0.717) is 41.5 Å². The number of hydrogen-bond donors (Lipinski definition) is 3. The molecule has 0 aliphatic heterocycles. The van der Waals surface area contributed by atoms with Crippen LogP contribution in [-0.4, -0.2) is 32.0 Å². The first-order chi connectivity index (χ1) is 24.0. The Morgan fingerprint density at radius 3 is 1.80 bits per heavy atom. The van der Waals surface area contributed by atoms with E-state index in [4.69, 9.17) is 8.83 Å². The van der Waals surface area contributed by atoms with Crippen molar-refractivity contribution >= 4 is 56.3 Å². The number of thiophene rings is 2. The molecule has 0 bridgehead atoms. The number of nitrogens with zero attached hydrogens (tertiary/aromatic N) is 4. The van der Waals surface area contributed by atoms with Crippen molar-refractivity contribution in [3.05, 3.63) is 144 Å². The molecule has 13 heteroatoms. The number of aromatic nitrogens is 4. The van der Waals surface area contributed by atoms with Crippen molar-refractivity contribution in [3.8, 4) is 20.9 Å². The quantitative estimate of drug-likeness (QED) is 0.116. The molecule has 8 aromatic heterocycles. The van der Waals surface area contributed by atoms with Crippen molar-refractivity contribution in [1.29, 1.82) is 0 Å². The number of pyridine rings is 4. The van der Waals surface area contributed by atoms with E-state index in [1.165, 1.54) is 0 Å². The van der Waals surface area contributed by atoms with Crippen LogP contribution in [0.3, 0.4) is 0 Å². The average molecular weight is 688 g/mol.